The van der Waals surface area contributed by atoms with Crippen LogP contribution in [0.4, 0.5) is 5.82 Å². The molecule has 1 saturated carbocycles. The maximum Gasteiger partial charge on any atom is 0.135 e. The number of pyridine rings is 1. The molecule has 166 valence electrons. The summed E-state index contributed by atoms with van der Waals surface area (Å²) in [6.45, 7) is 7.57. The van der Waals surface area contributed by atoms with Gasteiger partial charge in [-0.1, -0.05) is 24.6 Å². The van der Waals surface area contributed by atoms with Gasteiger partial charge < -0.3 is 4.90 Å². The van der Waals surface area contributed by atoms with Crippen LogP contribution in [0.5, 0.6) is 0 Å². The van der Waals surface area contributed by atoms with E-state index in [0.717, 1.165) is 57.1 Å². The van der Waals surface area contributed by atoms with Crippen LogP contribution >= 0.6 is 0 Å². The van der Waals surface area contributed by atoms with Crippen molar-refractivity contribution in [2.24, 2.45) is 0 Å². The minimum absolute atomic E-state index is 0.845. The highest BCUT2D eigenvalue weighted by Crippen LogP contribution is 2.29. The largest absolute Gasteiger partial charge is 0.354 e. The summed E-state index contributed by atoms with van der Waals surface area (Å²) in [5.41, 5.74) is 5.07. The van der Waals surface area contributed by atoms with Crippen molar-refractivity contribution in [3.63, 3.8) is 0 Å². The Morgan fingerprint density at radius 3 is 2.53 bits per heavy atom. The quantitative estimate of drug-likeness (QED) is 0.636. The van der Waals surface area contributed by atoms with Gasteiger partial charge in [-0.15, -0.1) is 0 Å². The number of anilines is 1. The number of hydrogen-bond donors (Lipinski definition) is 0. The molecule has 6 rings (SSSR count). The molecule has 1 aliphatic carbocycles. The third-order valence-corrected chi connectivity index (χ3v) is 7.69. The van der Waals surface area contributed by atoms with Crippen molar-refractivity contribution in [2.45, 2.75) is 44.7 Å². The van der Waals surface area contributed by atoms with Gasteiger partial charge in [-0.2, -0.15) is 0 Å². The van der Waals surface area contributed by atoms with Crippen LogP contribution < -0.4 is 4.90 Å². The Morgan fingerprint density at radius 2 is 1.69 bits per heavy atom. The highest BCUT2D eigenvalue weighted by molar-refractivity contribution is 5.81. The second-order valence-electron chi connectivity index (χ2n) is 9.49. The van der Waals surface area contributed by atoms with Crippen LogP contribution in [-0.2, 0) is 19.4 Å². The van der Waals surface area contributed by atoms with Gasteiger partial charge in [0.15, 0.2) is 0 Å². The fraction of sp³-hybridized carbons (Fsp3) is 0.500. The van der Waals surface area contributed by atoms with E-state index in [2.05, 4.69) is 50.0 Å². The van der Waals surface area contributed by atoms with E-state index in [-0.39, 0.29) is 0 Å². The number of nitrogens with zero attached hydrogens (tertiary/aromatic N) is 6. The summed E-state index contributed by atoms with van der Waals surface area (Å²) in [5, 5.41) is 1.27. The summed E-state index contributed by atoms with van der Waals surface area (Å²) in [6.07, 6.45) is 9.95. The van der Waals surface area contributed by atoms with Crippen molar-refractivity contribution in [1.82, 2.24) is 24.8 Å². The average molecular weight is 429 g/mol. The second kappa shape index (κ2) is 8.75. The molecule has 2 fully saturated rings. The number of rotatable bonds is 4. The lowest BCUT2D eigenvalue weighted by Crippen LogP contribution is -2.52. The van der Waals surface area contributed by atoms with Gasteiger partial charge in [0.2, 0.25) is 0 Å². The first-order valence-electron chi connectivity index (χ1n) is 12.2. The molecule has 0 unspecified atom stereocenters. The molecule has 0 spiro atoms. The summed E-state index contributed by atoms with van der Waals surface area (Å²) in [5.74, 6) is 1.19. The fourth-order valence-corrected chi connectivity index (χ4v) is 5.57. The van der Waals surface area contributed by atoms with Gasteiger partial charge >= 0.3 is 0 Å². The Labute approximate surface area is 190 Å². The van der Waals surface area contributed by atoms with E-state index in [1.807, 2.05) is 6.20 Å². The summed E-state index contributed by atoms with van der Waals surface area (Å²) in [6, 6.07) is 11.5. The molecule has 2 aromatic heterocycles. The lowest BCUT2D eigenvalue weighted by atomic mass is 9.91. The Bertz CT molecular complexity index is 1080. The molecular weight excluding hydrogens is 396 g/mol. The normalized spacial score (nSPS) is 20.7. The number of fused-ring (bicyclic) bond motifs is 2. The van der Waals surface area contributed by atoms with Crippen LogP contribution in [-0.4, -0.2) is 70.1 Å². The zero-order valence-corrected chi connectivity index (χ0v) is 18.8. The van der Waals surface area contributed by atoms with Crippen molar-refractivity contribution in [3.05, 3.63) is 59.7 Å². The van der Waals surface area contributed by atoms with E-state index < -0.39 is 0 Å². The van der Waals surface area contributed by atoms with Crippen molar-refractivity contribution >= 4 is 16.7 Å². The van der Waals surface area contributed by atoms with Crippen LogP contribution in [0.15, 0.2) is 42.9 Å². The van der Waals surface area contributed by atoms with Crippen LogP contribution in [0.25, 0.3) is 10.9 Å². The van der Waals surface area contributed by atoms with Crippen LogP contribution in [0, 0.1) is 0 Å². The summed E-state index contributed by atoms with van der Waals surface area (Å²) in [4.78, 5) is 21.8. The zero-order valence-electron chi connectivity index (χ0n) is 18.8. The third-order valence-electron chi connectivity index (χ3n) is 7.69. The summed E-state index contributed by atoms with van der Waals surface area (Å²) in [7, 11) is 0. The number of piperazine rings is 1. The molecular formula is C26H32N6. The van der Waals surface area contributed by atoms with Crippen molar-refractivity contribution in [1.29, 1.82) is 0 Å². The van der Waals surface area contributed by atoms with Gasteiger partial charge in [-0.3, -0.25) is 14.8 Å². The molecule has 32 heavy (non-hydrogen) atoms. The fourth-order valence-electron chi connectivity index (χ4n) is 5.57. The maximum atomic E-state index is 4.78. The van der Waals surface area contributed by atoms with E-state index in [4.69, 9.17) is 9.97 Å². The van der Waals surface area contributed by atoms with Crippen molar-refractivity contribution in [2.75, 3.05) is 44.2 Å². The smallest absolute Gasteiger partial charge is 0.135 e. The molecule has 3 aliphatic rings. The van der Waals surface area contributed by atoms with Crippen LogP contribution in [0.3, 0.4) is 0 Å². The lowest BCUT2D eigenvalue weighted by molar-refractivity contribution is 0.120. The number of hydrogen-bond acceptors (Lipinski definition) is 6. The highest BCUT2D eigenvalue weighted by Gasteiger charge is 2.30. The van der Waals surface area contributed by atoms with Gasteiger partial charge in [0.25, 0.3) is 0 Å². The van der Waals surface area contributed by atoms with Crippen LogP contribution in [0.1, 0.15) is 36.1 Å². The van der Waals surface area contributed by atoms with E-state index >= 15 is 0 Å². The molecule has 0 bridgehead atoms. The standard InChI is InChI=1S/C26H32N6/c1-2-7-24-22(6-1)20(8-11-27-24)18-30-12-9-23-25(10-13-30)28-19-29-26(23)32-16-14-31(15-17-32)21-4-3-5-21/h1-2,6-8,11,19,21H,3-5,9-10,12-18H2. The second-order valence-corrected chi connectivity index (χ2v) is 9.49. The molecule has 4 heterocycles. The van der Waals surface area contributed by atoms with Gasteiger partial charge in [0.1, 0.15) is 12.1 Å². The first kappa shape index (κ1) is 20.1. The Morgan fingerprint density at radius 1 is 0.844 bits per heavy atom. The Balaban J connectivity index is 1.16. The molecule has 3 aromatic rings. The third kappa shape index (κ3) is 3.86. The van der Waals surface area contributed by atoms with Crippen molar-refractivity contribution < 1.29 is 0 Å². The minimum atomic E-state index is 0.845. The van der Waals surface area contributed by atoms with E-state index in [0.29, 0.717) is 0 Å². The Kier molecular flexibility index (Phi) is 5.49. The maximum absolute atomic E-state index is 4.78. The first-order chi connectivity index (χ1) is 15.8. The molecule has 0 amide bonds. The predicted octanol–water partition coefficient (Wildman–Crippen LogP) is 3.30. The van der Waals surface area contributed by atoms with Gasteiger partial charge in [0, 0.05) is 75.4 Å². The number of para-hydroxylation sites is 1. The van der Waals surface area contributed by atoms with E-state index in [1.54, 1.807) is 6.33 Å². The van der Waals surface area contributed by atoms with E-state index in [9.17, 15) is 0 Å². The number of aromatic nitrogens is 3. The lowest BCUT2D eigenvalue weighted by Gasteiger charge is -2.43. The molecule has 1 saturated heterocycles. The van der Waals surface area contributed by atoms with Gasteiger partial charge in [0.05, 0.1) is 11.2 Å². The predicted molar refractivity (Wildman–Crippen MR) is 128 cm³/mol. The molecule has 6 heteroatoms. The monoisotopic (exact) mass is 428 g/mol. The molecule has 0 N–H and O–H groups in total. The van der Waals surface area contributed by atoms with E-state index in [1.165, 1.54) is 60.4 Å². The minimum Gasteiger partial charge on any atom is -0.354 e. The molecule has 6 nitrogen and oxygen atoms in total. The molecule has 0 atom stereocenters. The molecule has 0 radical (unpaired) electrons. The Hall–Kier alpha value is -2.57. The molecule has 2 aliphatic heterocycles. The van der Waals surface area contributed by atoms with Gasteiger partial charge in [-0.25, -0.2) is 9.97 Å². The summed E-state index contributed by atoms with van der Waals surface area (Å²) < 4.78 is 0. The topological polar surface area (TPSA) is 48.4 Å². The average Bonchev–Trinajstić information content (AvgIpc) is 3.01. The van der Waals surface area contributed by atoms with Crippen molar-refractivity contribution in [3.8, 4) is 0 Å². The van der Waals surface area contributed by atoms with Crippen LogP contribution in [0.2, 0.25) is 0 Å². The highest BCUT2D eigenvalue weighted by atomic mass is 15.3. The zero-order chi connectivity index (χ0) is 21.3. The molecule has 1 aromatic carbocycles. The first-order valence-corrected chi connectivity index (χ1v) is 12.2. The van der Waals surface area contributed by atoms with Gasteiger partial charge in [-0.05, 0) is 37.0 Å². The SMILES string of the molecule is c1ccc2c(CN3CCc4ncnc(N5CCN(C6CCC6)CC5)c4CC3)ccnc2c1. The number of benzene rings is 1. The summed E-state index contributed by atoms with van der Waals surface area (Å²) >= 11 is 0.